The summed E-state index contributed by atoms with van der Waals surface area (Å²) < 4.78 is 11.0. The lowest BCUT2D eigenvalue weighted by Gasteiger charge is -2.35. The van der Waals surface area contributed by atoms with Gasteiger partial charge < -0.3 is 19.5 Å². The zero-order chi connectivity index (χ0) is 14.1. The van der Waals surface area contributed by atoms with Crippen molar-refractivity contribution in [3.8, 4) is 0 Å². The molecule has 1 aromatic rings. The second kappa shape index (κ2) is 5.77. The summed E-state index contributed by atoms with van der Waals surface area (Å²) >= 11 is 0. The molecule has 0 bridgehead atoms. The lowest BCUT2D eigenvalue weighted by atomic mass is 10.0. The average molecular weight is 281 g/mol. The standard InChI is InChI=1S/C13H23N5O2/c1-14-10-8-19-7-9(10)13-15-12(16-20-13)11-6-17(2)4-5-18(11)3/h9-11,14H,4-8H2,1-3H3. The third-order valence-electron chi connectivity index (χ3n) is 4.38. The first-order chi connectivity index (χ1) is 9.69. The predicted molar refractivity (Wildman–Crippen MR) is 73.6 cm³/mol. The van der Waals surface area contributed by atoms with Crippen LogP contribution >= 0.6 is 0 Å². The highest BCUT2D eigenvalue weighted by molar-refractivity contribution is 5.05. The van der Waals surface area contributed by atoms with Crippen LogP contribution in [0.25, 0.3) is 0 Å². The zero-order valence-corrected chi connectivity index (χ0v) is 12.4. The lowest BCUT2D eigenvalue weighted by molar-refractivity contribution is 0.108. The number of hydrogen-bond donors (Lipinski definition) is 1. The van der Waals surface area contributed by atoms with Crippen LogP contribution in [0.15, 0.2) is 4.52 Å². The van der Waals surface area contributed by atoms with E-state index >= 15 is 0 Å². The molecule has 3 rings (SSSR count). The summed E-state index contributed by atoms with van der Waals surface area (Å²) in [4.78, 5) is 9.22. The Hall–Kier alpha value is -1.02. The molecule has 112 valence electrons. The van der Waals surface area contributed by atoms with E-state index in [1.54, 1.807) is 0 Å². The monoisotopic (exact) mass is 281 g/mol. The summed E-state index contributed by atoms with van der Waals surface area (Å²) in [5, 5.41) is 7.45. The summed E-state index contributed by atoms with van der Waals surface area (Å²) in [6.07, 6.45) is 0. The van der Waals surface area contributed by atoms with E-state index < -0.39 is 0 Å². The number of ether oxygens (including phenoxy) is 1. The Labute approximate surface area is 119 Å². The highest BCUT2D eigenvalue weighted by atomic mass is 16.5. The van der Waals surface area contributed by atoms with Gasteiger partial charge in [-0.25, -0.2) is 0 Å². The van der Waals surface area contributed by atoms with Gasteiger partial charge in [-0.1, -0.05) is 5.16 Å². The minimum absolute atomic E-state index is 0.160. The van der Waals surface area contributed by atoms with Crippen molar-refractivity contribution in [3.63, 3.8) is 0 Å². The molecule has 0 radical (unpaired) electrons. The van der Waals surface area contributed by atoms with E-state index in [-0.39, 0.29) is 18.0 Å². The largest absolute Gasteiger partial charge is 0.379 e. The van der Waals surface area contributed by atoms with E-state index in [0.717, 1.165) is 25.5 Å². The molecule has 0 saturated carbocycles. The van der Waals surface area contributed by atoms with Gasteiger partial charge in [0, 0.05) is 25.7 Å². The second-order valence-corrected chi connectivity index (χ2v) is 5.79. The Bertz CT molecular complexity index is 452. The average Bonchev–Trinajstić information content (AvgIpc) is 3.08. The molecule has 3 heterocycles. The molecular weight excluding hydrogens is 258 g/mol. The first kappa shape index (κ1) is 13.9. The highest BCUT2D eigenvalue weighted by Crippen LogP contribution is 2.27. The maximum Gasteiger partial charge on any atom is 0.233 e. The maximum atomic E-state index is 5.50. The number of nitrogens with one attached hydrogen (secondary N) is 1. The number of nitrogens with zero attached hydrogens (tertiary/aromatic N) is 4. The lowest BCUT2D eigenvalue weighted by Crippen LogP contribution is -2.45. The van der Waals surface area contributed by atoms with Crippen LogP contribution in [0.1, 0.15) is 23.7 Å². The van der Waals surface area contributed by atoms with E-state index in [0.29, 0.717) is 19.1 Å². The quantitative estimate of drug-likeness (QED) is 0.815. The van der Waals surface area contributed by atoms with Crippen molar-refractivity contribution in [1.82, 2.24) is 25.3 Å². The molecule has 0 spiro atoms. The number of likely N-dealkylation sites (N-methyl/N-ethyl adjacent to an activating group) is 3. The molecule has 2 saturated heterocycles. The van der Waals surface area contributed by atoms with Crippen LogP contribution in [0.4, 0.5) is 0 Å². The summed E-state index contributed by atoms with van der Waals surface area (Å²) in [6.45, 7) is 4.39. The van der Waals surface area contributed by atoms with Gasteiger partial charge in [0.2, 0.25) is 5.89 Å². The van der Waals surface area contributed by atoms with Gasteiger partial charge in [-0.15, -0.1) is 0 Å². The highest BCUT2D eigenvalue weighted by Gasteiger charge is 2.35. The van der Waals surface area contributed by atoms with Gasteiger partial charge in [0.15, 0.2) is 5.82 Å². The molecule has 1 N–H and O–H groups in total. The Balaban J connectivity index is 1.76. The van der Waals surface area contributed by atoms with Crippen molar-refractivity contribution in [2.75, 3.05) is 54.0 Å². The maximum absolute atomic E-state index is 5.50. The Kier molecular flexibility index (Phi) is 4.02. The number of aromatic nitrogens is 2. The van der Waals surface area contributed by atoms with E-state index in [1.165, 1.54) is 0 Å². The van der Waals surface area contributed by atoms with Crippen molar-refractivity contribution in [2.24, 2.45) is 0 Å². The van der Waals surface area contributed by atoms with Crippen LogP contribution in [-0.4, -0.2) is 80.0 Å². The summed E-state index contributed by atoms with van der Waals surface area (Å²) in [5.74, 6) is 1.64. The first-order valence-corrected chi connectivity index (χ1v) is 7.16. The molecule has 3 unspecified atom stereocenters. The van der Waals surface area contributed by atoms with Crippen molar-refractivity contribution in [2.45, 2.75) is 18.0 Å². The van der Waals surface area contributed by atoms with E-state index in [4.69, 9.17) is 9.26 Å². The van der Waals surface area contributed by atoms with Crippen LogP contribution in [-0.2, 0) is 4.74 Å². The zero-order valence-electron chi connectivity index (χ0n) is 12.4. The third-order valence-corrected chi connectivity index (χ3v) is 4.38. The third kappa shape index (κ3) is 2.58. The van der Waals surface area contributed by atoms with Crippen molar-refractivity contribution in [3.05, 3.63) is 11.7 Å². The van der Waals surface area contributed by atoms with Crippen LogP contribution in [0.3, 0.4) is 0 Å². The van der Waals surface area contributed by atoms with Gasteiger partial charge >= 0.3 is 0 Å². The van der Waals surface area contributed by atoms with Crippen molar-refractivity contribution >= 4 is 0 Å². The van der Waals surface area contributed by atoms with Crippen LogP contribution in [0.2, 0.25) is 0 Å². The molecule has 2 fully saturated rings. The van der Waals surface area contributed by atoms with Gasteiger partial charge in [-0.2, -0.15) is 4.98 Å². The fourth-order valence-corrected chi connectivity index (χ4v) is 2.90. The number of hydrogen-bond acceptors (Lipinski definition) is 7. The van der Waals surface area contributed by atoms with Crippen LogP contribution < -0.4 is 5.32 Å². The molecule has 0 aromatic carbocycles. The number of piperazine rings is 1. The second-order valence-electron chi connectivity index (χ2n) is 5.79. The molecule has 2 aliphatic heterocycles. The SMILES string of the molecule is CNC1COCC1c1nc(C2CN(C)CCN2C)no1. The molecule has 1 aromatic heterocycles. The van der Waals surface area contributed by atoms with Gasteiger partial charge in [0.25, 0.3) is 0 Å². The van der Waals surface area contributed by atoms with Crippen LogP contribution in [0, 0.1) is 0 Å². The minimum Gasteiger partial charge on any atom is -0.379 e. The van der Waals surface area contributed by atoms with E-state index in [1.807, 2.05) is 7.05 Å². The van der Waals surface area contributed by atoms with Crippen LogP contribution in [0.5, 0.6) is 0 Å². The fraction of sp³-hybridized carbons (Fsp3) is 0.846. The van der Waals surface area contributed by atoms with Gasteiger partial charge in [-0.3, -0.25) is 4.90 Å². The van der Waals surface area contributed by atoms with Gasteiger partial charge in [0.1, 0.15) is 0 Å². The Morgan fingerprint density at radius 2 is 2.10 bits per heavy atom. The van der Waals surface area contributed by atoms with Gasteiger partial charge in [0.05, 0.1) is 25.2 Å². The molecular formula is C13H23N5O2. The Morgan fingerprint density at radius 3 is 2.90 bits per heavy atom. The molecule has 7 nitrogen and oxygen atoms in total. The fourth-order valence-electron chi connectivity index (χ4n) is 2.90. The minimum atomic E-state index is 0.160. The predicted octanol–water partition coefficient (Wildman–Crippen LogP) is -0.310. The Morgan fingerprint density at radius 1 is 1.25 bits per heavy atom. The molecule has 20 heavy (non-hydrogen) atoms. The van der Waals surface area contributed by atoms with Gasteiger partial charge in [-0.05, 0) is 21.1 Å². The normalized spacial score (nSPS) is 32.9. The summed E-state index contributed by atoms with van der Waals surface area (Å²) in [6, 6.07) is 0.469. The molecule has 7 heteroatoms. The smallest absolute Gasteiger partial charge is 0.233 e. The summed E-state index contributed by atoms with van der Waals surface area (Å²) in [5.41, 5.74) is 0. The van der Waals surface area contributed by atoms with E-state index in [9.17, 15) is 0 Å². The molecule has 0 aliphatic carbocycles. The van der Waals surface area contributed by atoms with E-state index in [2.05, 4.69) is 39.4 Å². The molecule has 3 atom stereocenters. The van der Waals surface area contributed by atoms with Crippen molar-refractivity contribution < 1.29 is 9.26 Å². The number of rotatable bonds is 3. The van der Waals surface area contributed by atoms with Crippen molar-refractivity contribution in [1.29, 1.82) is 0 Å². The molecule has 2 aliphatic rings. The summed E-state index contributed by atoms with van der Waals surface area (Å²) in [7, 11) is 6.18. The topological polar surface area (TPSA) is 66.7 Å². The molecule has 0 amide bonds. The first-order valence-electron chi connectivity index (χ1n) is 7.16.